The van der Waals surface area contributed by atoms with E-state index in [0.717, 1.165) is 12.1 Å². The number of aliphatic hydroxyl groups excluding tert-OH is 1. The highest BCUT2D eigenvalue weighted by Gasteiger charge is 2.38. The molecule has 1 amide bonds. The predicted molar refractivity (Wildman–Crippen MR) is 123 cm³/mol. The molecule has 3 aromatic carbocycles. The fraction of sp³-hybridized carbons (Fsp3) is 0.125. The summed E-state index contributed by atoms with van der Waals surface area (Å²) in [5.41, 5.74) is 1.35. The minimum absolute atomic E-state index is 0.0294. The maximum absolute atomic E-state index is 13.5. The number of benzene rings is 3. The molecule has 33 heavy (non-hydrogen) atoms. The zero-order valence-corrected chi connectivity index (χ0v) is 17.6. The number of amides is 1. The average Bonchev–Trinajstić information content (AvgIpc) is 2.78. The van der Waals surface area contributed by atoms with Gasteiger partial charge in [-0.3, -0.25) is 14.4 Å². The van der Waals surface area contributed by atoms with Gasteiger partial charge in [0.25, 0.3) is 0 Å². The highest BCUT2D eigenvalue weighted by atomic mass is 16.3. The van der Waals surface area contributed by atoms with Crippen LogP contribution in [0.5, 0.6) is 11.5 Å². The van der Waals surface area contributed by atoms with Gasteiger partial charge in [-0.1, -0.05) is 0 Å². The molecule has 0 fully saturated rings. The summed E-state index contributed by atoms with van der Waals surface area (Å²) in [6.07, 6.45) is 0. The molecule has 168 valence electrons. The van der Waals surface area contributed by atoms with E-state index in [4.69, 9.17) is 0 Å². The monoisotopic (exact) mass is 447 g/mol. The van der Waals surface area contributed by atoms with Crippen molar-refractivity contribution in [3.05, 3.63) is 70.8 Å². The van der Waals surface area contributed by atoms with Gasteiger partial charge in [0.2, 0.25) is 17.5 Å². The fourth-order valence-corrected chi connectivity index (χ4v) is 3.80. The standard InChI is InChI=1S/C24H21N3O6/c1-12(29)26-13-2-4-14(5-3-13)27-16-7-6-15(25-10-11-28)19-20(16)24(33)22-18(31)9-8-17(30)21(22)23(19)32/h2-9,25,27-28,30-31H,10-11H2,1H3,(H,26,29). The Balaban J connectivity index is 1.83. The normalized spacial score (nSPS) is 12.1. The van der Waals surface area contributed by atoms with E-state index >= 15 is 0 Å². The molecule has 4 rings (SSSR count). The zero-order chi connectivity index (χ0) is 23.7. The molecule has 6 N–H and O–H groups in total. The smallest absolute Gasteiger partial charge is 0.221 e. The Labute approximate surface area is 188 Å². The summed E-state index contributed by atoms with van der Waals surface area (Å²) >= 11 is 0. The largest absolute Gasteiger partial charge is 0.507 e. The van der Waals surface area contributed by atoms with E-state index in [0.29, 0.717) is 22.7 Å². The van der Waals surface area contributed by atoms with Crippen LogP contribution in [-0.4, -0.2) is 45.9 Å². The number of hydrogen-bond acceptors (Lipinski definition) is 8. The van der Waals surface area contributed by atoms with Crippen molar-refractivity contribution in [1.29, 1.82) is 0 Å². The number of phenolic OH excluding ortho intramolecular Hbond substituents is 2. The second kappa shape index (κ2) is 8.64. The lowest BCUT2D eigenvalue weighted by molar-refractivity contribution is -0.114. The molecule has 0 saturated carbocycles. The van der Waals surface area contributed by atoms with Gasteiger partial charge in [-0.05, 0) is 48.5 Å². The molecule has 1 aliphatic rings. The Morgan fingerprint density at radius 2 is 1.27 bits per heavy atom. The topological polar surface area (TPSA) is 148 Å². The van der Waals surface area contributed by atoms with E-state index in [-0.39, 0.29) is 41.3 Å². The van der Waals surface area contributed by atoms with Gasteiger partial charge in [-0.2, -0.15) is 0 Å². The summed E-state index contributed by atoms with van der Waals surface area (Å²) in [4.78, 5) is 38.0. The lowest BCUT2D eigenvalue weighted by Crippen LogP contribution is -2.24. The van der Waals surface area contributed by atoms with E-state index < -0.39 is 23.1 Å². The summed E-state index contributed by atoms with van der Waals surface area (Å²) < 4.78 is 0. The summed E-state index contributed by atoms with van der Waals surface area (Å²) in [5.74, 6) is -2.28. The van der Waals surface area contributed by atoms with Crippen molar-refractivity contribution in [2.24, 2.45) is 0 Å². The second-order valence-electron chi connectivity index (χ2n) is 7.46. The molecule has 0 atom stereocenters. The minimum atomic E-state index is -0.627. The number of ketones is 2. The number of rotatable bonds is 6. The first kappa shape index (κ1) is 21.8. The third kappa shape index (κ3) is 3.97. The number of anilines is 4. The number of aliphatic hydroxyl groups is 1. The van der Waals surface area contributed by atoms with Crippen LogP contribution in [0.15, 0.2) is 48.5 Å². The number of nitrogens with one attached hydrogen (secondary N) is 3. The van der Waals surface area contributed by atoms with Crippen molar-refractivity contribution in [3.8, 4) is 11.5 Å². The molecule has 0 unspecified atom stereocenters. The third-order valence-electron chi connectivity index (χ3n) is 5.19. The van der Waals surface area contributed by atoms with Crippen LogP contribution in [0.3, 0.4) is 0 Å². The van der Waals surface area contributed by atoms with Crippen LogP contribution in [0.1, 0.15) is 38.8 Å². The van der Waals surface area contributed by atoms with Crippen LogP contribution < -0.4 is 16.0 Å². The van der Waals surface area contributed by atoms with E-state index in [1.807, 2.05) is 0 Å². The number of aromatic hydroxyl groups is 2. The van der Waals surface area contributed by atoms with Gasteiger partial charge in [0.1, 0.15) is 11.5 Å². The molecule has 0 aromatic heterocycles. The van der Waals surface area contributed by atoms with Crippen molar-refractivity contribution >= 4 is 40.2 Å². The fourth-order valence-electron chi connectivity index (χ4n) is 3.80. The molecular weight excluding hydrogens is 426 g/mol. The summed E-state index contributed by atoms with van der Waals surface area (Å²) in [5, 5.41) is 38.4. The van der Waals surface area contributed by atoms with E-state index in [1.54, 1.807) is 36.4 Å². The highest BCUT2D eigenvalue weighted by Crippen LogP contribution is 2.42. The third-order valence-corrected chi connectivity index (χ3v) is 5.19. The summed E-state index contributed by atoms with van der Waals surface area (Å²) in [7, 11) is 0. The van der Waals surface area contributed by atoms with Gasteiger partial charge < -0.3 is 31.3 Å². The van der Waals surface area contributed by atoms with E-state index in [1.165, 1.54) is 6.92 Å². The first-order valence-corrected chi connectivity index (χ1v) is 10.1. The molecule has 0 saturated heterocycles. The number of hydrogen-bond donors (Lipinski definition) is 6. The zero-order valence-electron chi connectivity index (χ0n) is 17.6. The molecule has 0 heterocycles. The van der Waals surface area contributed by atoms with Gasteiger partial charge in [-0.15, -0.1) is 0 Å². The Kier molecular flexibility index (Phi) is 5.72. The molecule has 1 aliphatic carbocycles. The van der Waals surface area contributed by atoms with Crippen molar-refractivity contribution in [1.82, 2.24) is 0 Å². The maximum Gasteiger partial charge on any atom is 0.221 e. The lowest BCUT2D eigenvalue weighted by Gasteiger charge is -2.24. The minimum Gasteiger partial charge on any atom is -0.507 e. The highest BCUT2D eigenvalue weighted by molar-refractivity contribution is 6.33. The van der Waals surface area contributed by atoms with Crippen LogP contribution >= 0.6 is 0 Å². The number of phenols is 2. The lowest BCUT2D eigenvalue weighted by atomic mass is 9.81. The van der Waals surface area contributed by atoms with Crippen LogP contribution in [-0.2, 0) is 4.79 Å². The quantitative estimate of drug-likeness (QED) is 0.247. The molecule has 3 aromatic rings. The van der Waals surface area contributed by atoms with Crippen LogP contribution in [0, 0.1) is 0 Å². The first-order chi connectivity index (χ1) is 15.8. The second-order valence-corrected chi connectivity index (χ2v) is 7.46. The SMILES string of the molecule is CC(=O)Nc1ccc(Nc2ccc(NCCO)c3c2C(=O)c2c(O)ccc(O)c2C3=O)cc1. The average molecular weight is 447 g/mol. The van der Waals surface area contributed by atoms with Crippen molar-refractivity contribution in [2.75, 3.05) is 29.1 Å². The Morgan fingerprint density at radius 1 is 0.758 bits per heavy atom. The number of fused-ring (bicyclic) bond motifs is 2. The van der Waals surface area contributed by atoms with Crippen LogP contribution in [0.4, 0.5) is 22.7 Å². The van der Waals surface area contributed by atoms with Crippen LogP contribution in [0.2, 0.25) is 0 Å². The van der Waals surface area contributed by atoms with Gasteiger partial charge in [0.05, 0.1) is 34.5 Å². The molecule has 9 nitrogen and oxygen atoms in total. The van der Waals surface area contributed by atoms with Gasteiger partial charge in [0.15, 0.2) is 0 Å². The van der Waals surface area contributed by atoms with Crippen LogP contribution in [0.25, 0.3) is 0 Å². The summed E-state index contributed by atoms with van der Waals surface area (Å²) in [6.45, 7) is 1.35. The molecule has 0 bridgehead atoms. The predicted octanol–water partition coefficient (Wildman–Crippen LogP) is 2.98. The van der Waals surface area contributed by atoms with Gasteiger partial charge in [-0.25, -0.2) is 0 Å². The number of carbonyl (C=O) groups excluding carboxylic acids is 3. The van der Waals surface area contributed by atoms with Gasteiger partial charge in [0, 0.05) is 30.5 Å². The van der Waals surface area contributed by atoms with Crippen molar-refractivity contribution in [2.45, 2.75) is 6.92 Å². The maximum atomic E-state index is 13.5. The molecule has 0 radical (unpaired) electrons. The molecular formula is C24H21N3O6. The van der Waals surface area contributed by atoms with E-state index in [2.05, 4.69) is 16.0 Å². The van der Waals surface area contributed by atoms with E-state index in [9.17, 15) is 29.7 Å². The van der Waals surface area contributed by atoms with Gasteiger partial charge >= 0.3 is 0 Å². The molecule has 9 heteroatoms. The van der Waals surface area contributed by atoms with Crippen molar-refractivity contribution < 1.29 is 29.7 Å². The number of carbonyl (C=O) groups is 3. The molecule has 0 spiro atoms. The Morgan fingerprint density at radius 3 is 1.82 bits per heavy atom. The van der Waals surface area contributed by atoms with Crippen molar-refractivity contribution in [3.63, 3.8) is 0 Å². The Bertz CT molecular complexity index is 1280. The molecule has 0 aliphatic heterocycles. The first-order valence-electron chi connectivity index (χ1n) is 10.1. The Hall–Kier alpha value is -4.37. The summed E-state index contributed by atoms with van der Waals surface area (Å²) in [6, 6.07) is 12.3.